The Morgan fingerprint density at radius 2 is 1.82 bits per heavy atom. The molecular weight excluding hydrogens is 497 g/mol. The molecule has 8 heteroatoms. The van der Waals surface area contributed by atoms with Gasteiger partial charge in [0, 0.05) is 15.6 Å². The first-order valence-electron chi connectivity index (χ1n) is 9.98. The van der Waals surface area contributed by atoms with E-state index in [9.17, 15) is 4.79 Å². The maximum atomic E-state index is 13.0. The molecule has 0 aromatic heterocycles. The lowest BCUT2D eigenvalue weighted by Gasteiger charge is -2.14. The summed E-state index contributed by atoms with van der Waals surface area (Å²) in [6.45, 7) is 0.691. The molecule has 33 heavy (non-hydrogen) atoms. The number of halogens is 2. The van der Waals surface area contributed by atoms with Gasteiger partial charge in [0.15, 0.2) is 11.5 Å². The minimum Gasteiger partial charge on any atom is -0.493 e. The van der Waals surface area contributed by atoms with Crippen molar-refractivity contribution >= 4 is 63.5 Å². The maximum absolute atomic E-state index is 13.0. The molecule has 1 aliphatic rings. The van der Waals surface area contributed by atoms with Crippen molar-refractivity contribution in [3.05, 3.63) is 98.4 Å². The highest BCUT2D eigenvalue weighted by molar-refractivity contribution is 8.26. The molecule has 1 aliphatic heterocycles. The fourth-order valence-electron chi connectivity index (χ4n) is 3.24. The number of amides is 1. The summed E-state index contributed by atoms with van der Waals surface area (Å²) < 4.78 is 11.9. The molecule has 0 N–H and O–H groups in total. The average Bonchev–Trinajstić information content (AvgIpc) is 3.06. The quantitative estimate of drug-likeness (QED) is 0.250. The maximum Gasteiger partial charge on any atom is 0.266 e. The van der Waals surface area contributed by atoms with Crippen LogP contribution in [0.3, 0.4) is 0 Å². The van der Waals surface area contributed by atoms with Gasteiger partial charge in [0.25, 0.3) is 5.91 Å². The lowest BCUT2D eigenvalue weighted by atomic mass is 10.1. The molecule has 4 nitrogen and oxygen atoms in total. The van der Waals surface area contributed by atoms with Gasteiger partial charge in [-0.25, -0.2) is 0 Å². The first kappa shape index (κ1) is 23.6. The van der Waals surface area contributed by atoms with Gasteiger partial charge in [-0.2, -0.15) is 0 Å². The highest BCUT2D eigenvalue weighted by atomic mass is 35.5. The van der Waals surface area contributed by atoms with E-state index in [0.717, 1.165) is 16.7 Å². The largest absolute Gasteiger partial charge is 0.493 e. The predicted molar refractivity (Wildman–Crippen MR) is 139 cm³/mol. The van der Waals surface area contributed by atoms with Gasteiger partial charge in [-0.05, 0) is 41.5 Å². The van der Waals surface area contributed by atoms with Gasteiger partial charge in [0.05, 0.1) is 18.6 Å². The van der Waals surface area contributed by atoms with E-state index in [4.69, 9.17) is 44.9 Å². The Balaban J connectivity index is 1.53. The summed E-state index contributed by atoms with van der Waals surface area (Å²) in [5.74, 6) is 1.01. The standard InChI is InChI=1S/C25H19Cl2NO3S2/c1-30-21-10-7-17(11-22(21)31-15-18-8-9-19(26)13-20(18)27)12-23-24(29)28(25(32)33-23)14-16-5-3-2-4-6-16/h2-13H,14-15H2,1H3. The van der Waals surface area contributed by atoms with Crippen LogP contribution < -0.4 is 9.47 Å². The third kappa shape index (κ3) is 5.71. The first-order chi connectivity index (χ1) is 15.9. The van der Waals surface area contributed by atoms with Crippen LogP contribution in [0.4, 0.5) is 0 Å². The Labute approximate surface area is 212 Å². The Hall–Kier alpha value is -2.51. The number of methoxy groups -OCH3 is 1. The third-order valence-corrected chi connectivity index (χ3v) is 6.91. The molecule has 0 radical (unpaired) electrons. The molecule has 0 aliphatic carbocycles. The van der Waals surface area contributed by atoms with E-state index in [1.807, 2.05) is 54.6 Å². The minimum absolute atomic E-state index is 0.111. The molecule has 0 bridgehead atoms. The van der Waals surface area contributed by atoms with E-state index in [2.05, 4.69) is 0 Å². The number of thioether (sulfide) groups is 1. The van der Waals surface area contributed by atoms with Crippen LogP contribution in [0.25, 0.3) is 6.08 Å². The van der Waals surface area contributed by atoms with Crippen LogP contribution in [0.1, 0.15) is 16.7 Å². The summed E-state index contributed by atoms with van der Waals surface area (Å²) in [4.78, 5) is 15.2. The van der Waals surface area contributed by atoms with Gasteiger partial charge in [0.1, 0.15) is 10.9 Å². The van der Waals surface area contributed by atoms with Crippen molar-refractivity contribution < 1.29 is 14.3 Å². The molecule has 0 atom stereocenters. The summed E-state index contributed by atoms with van der Waals surface area (Å²) in [6, 6.07) is 20.5. The summed E-state index contributed by atoms with van der Waals surface area (Å²) in [6.07, 6.45) is 1.81. The average molecular weight is 516 g/mol. The lowest BCUT2D eigenvalue weighted by Crippen LogP contribution is -2.27. The van der Waals surface area contributed by atoms with E-state index in [1.54, 1.807) is 30.2 Å². The number of ether oxygens (including phenoxy) is 2. The normalized spacial score (nSPS) is 14.8. The Bertz CT molecular complexity index is 1230. The smallest absolute Gasteiger partial charge is 0.266 e. The number of nitrogens with zero attached hydrogens (tertiary/aromatic N) is 1. The van der Waals surface area contributed by atoms with E-state index in [1.165, 1.54) is 11.8 Å². The van der Waals surface area contributed by atoms with Crippen LogP contribution in [0.5, 0.6) is 11.5 Å². The third-order valence-electron chi connectivity index (χ3n) is 4.94. The molecule has 0 spiro atoms. The van der Waals surface area contributed by atoms with Crippen molar-refractivity contribution in [2.75, 3.05) is 7.11 Å². The number of carbonyl (C=O) groups is 1. The Morgan fingerprint density at radius 3 is 2.55 bits per heavy atom. The highest BCUT2D eigenvalue weighted by Crippen LogP contribution is 2.36. The zero-order valence-corrected chi connectivity index (χ0v) is 20.7. The molecule has 1 fully saturated rings. The van der Waals surface area contributed by atoms with Crippen molar-refractivity contribution in [1.82, 2.24) is 4.90 Å². The number of benzene rings is 3. The summed E-state index contributed by atoms with van der Waals surface area (Å²) in [7, 11) is 1.58. The summed E-state index contributed by atoms with van der Waals surface area (Å²) in [5, 5.41) is 1.09. The van der Waals surface area contributed by atoms with Crippen LogP contribution in [-0.2, 0) is 17.9 Å². The van der Waals surface area contributed by atoms with Gasteiger partial charge < -0.3 is 9.47 Å². The van der Waals surface area contributed by atoms with E-state index in [-0.39, 0.29) is 12.5 Å². The predicted octanol–water partition coefficient (Wildman–Crippen LogP) is 6.98. The van der Waals surface area contributed by atoms with Gasteiger partial charge in [-0.3, -0.25) is 9.69 Å². The molecule has 1 heterocycles. The fourth-order valence-corrected chi connectivity index (χ4v) is 4.96. The zero-order valence-electron chi connectivity index (χ0n) is 17.6. The summed E-state index contributed by atoms with van der Waals surface area (Å²) in [5.41, 5.74) is 2.62. The number of hydrogen-bond acceptors (Lipinski definition) is 5. The monoisotopic (exact) mass is 515 g/mol. The van der Waals surface area contributed by atoms with E-state index < -0.39 is 0 Å². The van der Waals surface area contributed by atoms with Gasteiger partial charge >= 0.3 is 0 Å². The SMILES string of the molecule is COc1ccc(C=C2SC(=S)N(Cc3ccccc3)C2=O)cc1OCc1ccc(Cl)cc1Cl. The molecule has 1 amide bonds. The number of thiocarbonyl (C=S) groups is 1. The molecule has 3 aromatic rings. The first-order valence-corrected chi connectivity index (χ1v) is 12.0. The van der Waals surface area contributed by atoms with Crippen molar-refractivity contribution in [3.8, 4) is 11.5 Å². The second kappa shape index (κ2) is 10.6. The molecule has 168 valence electrons. The summed E-state index contributed by atoms with van der Waals surface area (Å²) >= 11 is 19.0. The minimum atomic E-state index is -0.111. The number of rotatable bonds is 7. The Kier molecular flexibility index (Phi) is 7.60. The highest BCUT2D eigenvalue weighted by Gasteiger charge is 2.32. The second-order valence-corrected chi connectivity index (χ2v) is 9.71. The van der Waals surface area contributed by atoms with Crippen molar-refractivity contribution in [3.63, 3.8) is 0 Å². The van der Waals surface area contributed by atoms with Crippen LogP contribution in [0, 0.1) is 0 Å². The molecule has 4 rings (SSSR count). The molecule has 0 saturated carbocycles. The van der Waals surface area contributed by atoms with Gasteiger partial charge in [-0.15, -0.1) is 0 Å². The van der Waals surface area contributed by atoms with Crippen molar-refractivity contribution in [1.29, 1.82) is 0 Å². The topological polar surface area (TPSA) is 38.8 Å². The second-order valence-electron chi connectivity index (χ2n) is 7.19. The zero-order chi connectivity index (χ0) is 23.4. The molecule has 0 unspecified atom stereocenters. The molecule has 3 aromatic carbocycles. The van der Waals surface area contributed by atoms with Crippen LogP contribution in [-0.4, -0.2) is 22.2 Å². The molecule has 1 saturated heterocycles. The van der Waals surface area contributed by atoms with Crippen LogP contribution >= 0.6 is 47.2 Å². The van der Waals surface area contributed by atoms with Gasteiger partial charge in [-0.1, -0.05) is 89.6 Å². The molecular formula is C25H19Cl2NO3S2. The van der Waals surface area contributed by atoms with Gasteiger partial charge in [0.2, 0.25) is 0 Å². The van der Waals surface area contributed by atoms with Crippen LogP contribution in [0.15, 0.2) is 71.6 Å². The van der Waals surface area contributed by atoms with E-state index in [0.29, 0.717) is 37.3 Å². The number of hydrogen-bond donors (Lipinski definition) is 0. The van der Waals surface area contributed by atoms with Crippen molar-refractivity contribution in [2.24, 2.45) is 0 Å². The Morgan fingerprint density at radius 1 is 1.03 bits per heavy atom. The van der Waals surface area contributed by atoms with Crippen LogP contribution in [0.2, 0.25) is 10.0 Å². The fraction of sp³-hybridized carbons (Fsp3) is 0.120. The number of carbonyl (C=O) groups excluding carboxylic acids is 1. The lowest BCUT2D eigenvalue weighted by molar-refractivity contribution is -0.122. The van der Waals surface area contributed by atoms with Crippen molar-refractivity contribution in [2.45, 2.75) is 13.2 Å². The van der Waals surface area contributed by atoms with E-state index >= 15 is 0 Å².